The van der Waals surface area contributed by atoms with Gasteiger partial charge < -0.3 is 14.7 Å². The Bertz CT molecular complexity index is 2630. The Morgan fingerprint density at radius 2 is 1.09 bits per heavy atom. The smallest absolute Gasteiger partial charge is 0.0582 e. The van der Waals surface area contributed by atoms with Crippen molar-refractivity contribution in [1.29, 1.82) is 0 Å². The predicted molar refractivity (Wildman–Crippen MR) is 237 cm³/mol. The molecule has 0 aromatic heterocycles. The van der Waals surface area contributed by atoms with Gasteiger partial charge in [-0.2, -0.15) is 0 Å². The number of allylic oxidation sites excluding steroid dienone is 3. The number of nitrogens with zero attached hydrogens (tertiary/aromatic N) is 3. The van der Waals surface area contributed by atoms with E-state index in [1.807, 2.05) is 0 Å². The number of hydrogen-bond donors (Lipinski definition) is 0. The summed E-state index contributed by atoms with van der Waals surface area (Å²) >= 11 is 0. The zero-order chi connectivity index (χ0) is 37.8. The molecule has 10 rings (SSSR count). The Hall–Kier alpha value is -6.84. The van der Waals surface area contributed by atoms with E-state index in [1.54, 1.807) is 0 Å². The molecule has 0 radical (unpaired) electrons. The molecule has 7 aromatic carbocycles. The third-order valence-electron chi connectivity index (χ3n) is 11.7. The van der Waals surface area contributed by atoms with Gasteiger partial charge >= 0.3 is 0 Å². The van der Waals surface area contributed by atoms with E-state index in [9.17, 15) is 0 Å². The summed E-state index contributed by atoms with van der Waals surface area (Å²) in [5, 5.41) is 0. The summed E-state index contributed by atoms with van der Waals surface area (Å²) in [6.45, 7) is 9.60. The first-order valence-electron chi connectivity index (χ1n) is 19.6. The molecular weight excluding hydrogens is 679 g/mol. The van der Waals surface area contributed by atoms with Crippen molar-refractivity contribution in [2.45, 2.75) is 32.1 Å². The van der Waals surface area contributed by atoms with Crippen LogP contribution in [-0.2, 0) is 5.41 Å². The quantitative estimate of drug-likeness (QED) is 0.162. The summed E-state index contributed by atoms with van der Waals surface area (Å²) in [5.41, 5.74) is 18.5. The van der Waals surface area contributed by atoms with E-state index in [-0.39, 0.29) is 5.41 Å². The Balaban J connectivity index is 1.11. The van der Waals surface area contributed by atoms with Gasteiger partial charge in [0.05, 0.1) is 17.1 Å². The summed E-state index contributed by atoms with van der Waals surface area (Å²) in [6, 6.07) is 61.6. The van der Waals surface area contributed by atoms with Crippen molar-refractivity contribution in [3.8, 4) is 11.1 Å². The van der Waals surface area contributed by atoms with Gasteiger partial charge in [-0.25, -0.2) is 0 Å². The topological polar surface area (TPSA) is 9.72 Å². The molecule has 1 aliphatic carbocycles. The van der Waals surface area contributed by atoms with E-state index < -0.39 is 0 Å². The maximum atomic E-state index is 4.87. The second-order valence-corrected chi connectivity index (χ2v) is 15.4. The molecule has 7 aromatic rings. The first-order valence-corrected chi connectivity index (χ1v) is 19.6. The van der Waals surface area contributed by atoms with Crippen LogP contribution in [0.25, 0.3) is 16.7 Å². The van der Waals surface area contributed by atoms with Gasteiger partial charge in [0.15, 0.2) is 0 Å². The van der Waals surface area contributed by atoms with Crippen molar-refractivity contribution in [3.05, 3.63) is 223 Å². The number of para-hydroxylation sites is 4. The minimum absolute atomic E-state index is 0.247. The number of rotatable bonds is 7. The Kier molecular flexibility index (Phi) is 8.11. The van der Waals surface area contributed by atoms with Gasteiger partial charge in [0.25, 0.3) is 0 Å². The lowest BCUT2D eigenvalue weighted by atomic mass is 9.70. The van der Waals surface area contributed by atoms with Crippen molar-refractivity contribution < 1.29 is 0 Å². The fourth-order valence-electron chi connectivity index (χ4n) is 8.90. The summed E-state index contributed by atoms with van der Waals surface area (Å²) in [7, 11) is 0. The van der Waals surface area contributed by atoms with Crippen LogP contribution in [0.2, 0.25) is 0 Å². The summed E-state index contributed by atoms with van der Waals surface area (Å²) < 4.78 is 0. The lowest BCUT2D eigenvalue weighted by molar-refractivity contribution is 0.631. The average Bonchev–Trinajstić information content (AvgIpc) is 3.25. The molecule has 0 bridgehead atoms. The van der Waals surface area contributed by atoms with Crippen LogP contribution in [0.1, 0.15) is 48.9 Å². The summed E-state index contributed by atoms with van der Waals surface area (Å²) in [5.74, 6) is 0. The second kappa shape index (κ2) is 13.5. The minimum Gasteiger partial charge on any atom is -0.311 e. The molecule has 2 heterocycles. The van der Waals surface area contributed by atoms with Crippen LogP contribution in [0, 0.1) is 0 Å². The molecule has 0 atom stereocenters. The summed E-state index contributed by atoms with van der Waals surface area (Å²) in [6.07, 6.45) is 8.98. The zero-order valence-electron chi connectivity index (χ0n) is 31.9. The SMILES string of the molecule is C=C1c2cc(-c3ccc(N(C4=CCCC=C4)c4ccccc4)cc3)ccc2N2c3ccccc3C(C)(C)c3cc(N(c4ccccc4)c4ccccc4)cc1c32. The molecule has 3 nitrogen and oxygen atoms in total. The summed E-state index contributed by atoms with van der Waals surface area (Å²) in [4.78, 5) is 7.21. The molecule has 270 valence electrons. The highest BCUT2D eigenvalue weighted by Gasteiger charge is 2.42. The van der Waals surface area contributed by atoms with E-state index in [4.69, 9.17) is 6.58 Å². The van der Waals surface area contributed by atoms with E-state index >= 15 is 0 Å². The van der Waals surface area contributed by atoms with Crippen molar-refractivity contribution in [2.24, 2.45) is 0 Å². The average molecular weight is 722 g/mol. The minimum atomic E-state index is -0.247. The fraction of sp³-hybridized carbons (Fsp3) is 0.0943. The molecule has 0 fully saturated rings. The largest absolute Gasteiger partial charge is 0.311 e. The van der Waals surface area contributed by atoms with Gasteiger partial charge in [0.2, 0.25) is 0 Å². The van der Waals surface area contributed by atoms with Crippen LogP contribution < -0.4 is 14.7 Å². The van der Waals surface area contributed by atoms with E-state index in [2.05, 4.69) is 217 Å². The standard InChI is InChI=1S/C53H43N3/c1-37-46-34-39(38-28-31-44(32-29-38)54(40-18-8-4-9-19-40)41-20-10-5-11-21-41)30-33-50(46)56-51-27-17-16-26-48(51)53(2,3)49-36-45(35-47(37)52(49)56)55(42-22-12-6-13-23-42)43-24-14-7-15-25-43/h4,6-10,12-36H,1,5,11H2,2-3H3. The highest BCUT2D eigenvalue weighted by molar-refractivity contribution is 6.05. The van der Waals surface area contributed by atoms with Gasteiger partial charge in [-0.1, -0.05) is 124 Å². The molecule has 0 saturated heterocycles. The maximum Gasteiger partial charge on any atom is 0.0582 e. The fourth-order valence-corrected chi connectivity index (χ4v) is 8.90. The Labute approximate surface area is 330 Å². The zero-order valence-corrected chi connectivity index (χ0v) is 31.9. The van der Waals surface area contributed by atoms with Gasteiger partial charge in [-0.05, 0) is 126 Å². The van der Waals surface area contributed by atoms with Crippen molar-refractivity contribution in [1.82, 2.24) is 0 Å². The third kappa shape index (κ3) is 5.50. The van der Waals surface area contributed by atoms with E-state index in [0.29, 0.717) is 0 Å². The molecule has 56 heavy (non-hydrogen) atoms. The first-order chi connectivity index (χ1) is 27.5. The highest BCUT2D eigenvalue weighted by atomic mass is 15.2. The van der Waals surface area contributed by atoms with Crippen LogP contribution in [-0.4, -0.2) is 0 Å². The monoisotopic (exact) mass is 721 g/mol. The van der Waals surface area contributed by atoms with E-state index in [1.165, 1.54) is 39.3 Å². The molecule has 0 unspecified atom stereocenters. The molecule has 3 aliphatic rings. The molecule has 3 heteroatoms. The molecular formula is C53H43N3. The Morgan fingerprint density at radius 3 is 1.73 bits per heavy atom. The van der Waals surface area contributed by atoms with Crippen LogP contribution in [0.5, 0.6) is 0 Å². The van der Waals surface area contributed by atoms with Crippen LogP contribution in [0.3, 0.4) is 0 Å². The van der Waals surface area contributed by atoms with Crippen molar-refractivity contribution in [3.63, 3.8) is 0 Å². The first kappa shape index (κ1) is 33.7. The van der Waals surface area contributed by atoms with Crippen molar-refractivity contribution >= 4 is 51.1 Å². The van der Waals surface area contributed by atoms with Crippen molar-refractivity contribution in [2.75, 3.05) is 14.7 Å². The lowest BCUT2D eigenvalue weighted by Gasteiger charge is -2.46. The molecule has 0 spiro atoms. The number of fused-ring (bicyclic) bond motifs is 4. The predicted octanol–water partition coefficient (Wildman–Crippen LogP) is 14.7. The maximum absolute atomic E-state index is 4.87. The van der Waals surface area contributed by atoms with E-state index in [0.717, 1.165) is 63.7 Å². The molecule has 0 amide bonds. The van der Waals surface area contributed by atoms with Gasteiger partial charge in [0.1, 0.15) is 0 Å². The van der Waals surface area contributed by atoms with Crippen LogP contribution in [0.15, 0.2) is 200 Å². The lowest BCUT2D eigenvalue weighted by Crippen LogP contribution is -2.33. The van der Waals surface area contributed by atoms with Crippen LogP contribution >= 0.6 is 0 Å². The molecule has 2 aliphatic heterocycles. The number of anilines is 8. The van der Waals surface area contributed by atoms with Gasteiger partial charge in [-0.3, -0.25) is 0 Å². The van der Waals surface area contributed by atoms with Crippen LogP contribution in [0.4, 0.5) is 45.5 Å². The highest BCUT2D eigenvalue weighted by Crippen LogP contribution is 2.59. The Morgan fingerprint density at radius 1 is 0.500 bits per heavy atom. The number of hydrogen-bond acceptors (Lipinski definition) is 3. The van der Waals surface area contributed by atoms with Gasteiger partial charge in [0, 0.05) is 50.7 Å². The molecule has 0 saturated carbocycles. The second-order valence-electron chi connectivity index (χ2n) is 15.4. The van der Waals surface area contributed by atoms with Gasteiger partial charge in [-0.15, -0.1) is 0 Å². The third-order valence-corrected chi connectivity index (χ3v) is 11.7. The number of benzene rings is 7. The normalized spacial score (nSPS) is 14.6. The molecule has 0 N–H and O–H groups in total.